The van der Waals surface area contributed by atoms with Crippen molar-refractivity contribution in [3.63, 3.8) is 0 Å². The lowest BCUT2D eigenvalue weighted by Gasteiger charge is -2.36. The van der Waals surface area contributed by atoms with E-state index >= 15 is 0 Å². The van der Waals surface area contributed by atoms with E-state index in [9.17, 15) is 4.79 Å². The molecule has 0 bridgehead atoms. The number of thiophene rings is 2. The van der Waals surface area contributed by atoms with Crippen molar-refractivity contribution in [3.05, 3.63) is 206 Å². The van der Waals surface area contributed by atoms with Gasteiger partial charge in [-0.15, -0.1) is 27.8 Å². The second-order valence-corrected chi connectivity index (χ2v) is 16.9. The molecule has 0 spiro atoms. The number of tetrazole rings is 1. The fourth-order valence-corrected chi connectivity index (χ4v) is 9.93. The van der Waals surface area contributed by atoms with Crippen LogP contribution in [0.4, 0.5) is 0 Å². The van der Waals surface area contributed by atoms with Gasteiger partial charge in [0.2, 0.25) is 0 Å². The molecule has 0 aliphatic carbocycles. The number of aryl methyl sites for hydroxylation is 1. The number of benzene rings is 5. The molecule has 4 heterocycles. The number of hydrogen-bond acceptors (Lipinski definition) is 8. The van der Waals surface area contributed by atoms with Gasteiger partial charge in [-0.05, 0) is 67.8 Å². The zero-order valence-electron chi connectivity index (χ0n) is 34.0. The third-order valence-electron chi connectivity index (χ3n) is 11.2. The Kier molecular flexibility index (Phi) is 11.6. The smallest absolute Gasteiger partial charge is 0.334 e. The molecule has 8 nitrogen and oxygen atoms in total. The van der Waals surface area contributed by atoms with Gasteiger partial charge in [0.05, 0.1) is 17.5 Å². The molecule has 9 rings (SSSR count). The number of carbonyl (C=O) groups is 1. The van der Waals surface area contributed by atoms with Crippen LogP contribution in [0.3, 0.4) is 0 Å². The summed E-state index contributed by atoms with van der Waals surface area (Å²) >= 11 is 3.25. The molecule has 302 valence electrons. The summed E-state index contributed by atoms with van der Waals surface area (Å²) in [6, 6.07) is 52.6. The number of aromatic nitrogens is 6. The van der Waals surface area contributed by atoms with E-state index < -0.39 is 5.54 Å². The highest BCUT2D eigenvalue weighted by atomic mass is 32.1. The first-order valence-electron chi connectivity index (χ1n) is 20.5. The number of rotatable bonds is 15. The van der Waals surface area contributed by atoms with E-state index in [1.165, 1.54) is 7.11 Å². The number of nitrogens with zero attached hydrogens (tertiary/aromatic N) is 6. The highest BCUT2D eigenvalue weighted by Gasteiger charge is 2.42. The minimum atomic E-state index is -0.868. The minimum absolute atomic E-state index is 0.318. The van der Waals surface area contributed by atoms with Crippen molar-refractivity contribution in [2.75, 3.05) is 7.11 Å². The highest BCUT2D eigenvalue weighted by Crippen LogP contribution is 2.43. The molecular formula is C51H44N6O2S2. The number of fused-ring (bicyclic) bond motifs is 1. The molecule has 0 amide bonds. The van der Waals surface area contributed by atoms with Crippen molar-refractivity contribution in [2.24, 2.45) is 0 Å². The van der Waals surface area contributed by atoms with E-state index in [1.54, 1.807) is 22.7 Å². The monoisotopic (exact) mass is 836 g/mol. The van der Waals surface area contributed by atoms with Gasteiger partial charge in [0, 0.05) is 40.8 Å². The van der Waals surface area contributed by atoms with Crippen molar-refractivity contribution in [2.45, 2.75) is 44.7 Å². The number of imidazole rings is 1. The first-order valence-corrected chi connectivity index (χ1v) is 22.3. The van der Waals surface area contributed by atoms with Crippen molar-refractivity contribution in [1.82, 2.24) is 29.8 Å². The molecule has 0 radical (unpaired) electrons. The van der Waals surface area contributed by atoms with E-state index in [1.807, 2.05) is 52.5 Å². The molecule has 0 N–H and O–H groups in total. The van der Waals surface area contributed by atoms with Crippen molar-refractivity contribution < 1.29 is 9.53 Å². The maximum atomic E-state index is 12.9. The van der Waals surface area contributed by atoms with Crippen LogP contribution < -0.4 is 0 Å². The molecule has 0 aliphatic rings. The molecule has 9 aromatic rings. The molecule has 0 saturated heterocycles. The van der Waals surface area contributed by atoms with Crippen LogP contribution >= 0.6 is 22.7 Å². The van der Waals surface area contributed by atoms with Crippen molar-refractivity contribution >= 4 is 45.8 Å². The number of ether oxygens (including phenoxy) is 1. The topological polar surface area (TPSA) is 87.7 Å². The minimum Gasteiger partial charge on any atom is -0.466 e. The Morgan fingerprint density at radius 3 is 2.00 bits per heavy atom. The van der Waals surface area contributed by atoms with Crippen LogP contribution in [0.2, 0.25) is 0 Å². The van der Waals surface area contributed by atoms with E-state index in [4.69, 9.17) is 20.0 Å². The molecule has 4 aromatic heterocycles. The predicted molar refractivity (Wildman–Crippen MR) is 247 cm³/mol. The lowest BCUT2D eigenvalue weighted by molar-refractivity contribution is -0.136. The Morgan fingerprint density at radius 2 is 1.39 bits per heavy atom. The SMILES string of the molecule is CCCCc1nc2c(/C=C(\Cc3cccs3)C(=O)OC)scc2n1Cc1ccc(-c2ccccc2-c2nnnn2C(c2ccccc2)(c2ccccc2)c2ccccc2)cc1. The van der Waals surface area contributed by atoms with Crippen LogP contribution in [-0.4, -0.2) is 42.8 Å². The Morgan fingerprint density at radius 1 is 0.754 bits per heavy atom. The van der Waals surface area contributed by atoms with Gasteiger partial charge in [0.25, 0.3) is 0 Å². The van der Waals surface area contributed by atoms with E-state index in [2.05, 4.69) is 137 Å². The summed E-state index contributed by atoms with van der Waals surface area (Å²) in [5.74, 6) is 1.39. The predicted octanol–water partition coefficient (Wildman–Crippen LogP) is 11.5. The summed E-state index contributed by atoms with van der Waals surface area (Å²) in [5.41, 5.74) is 9.06. The molecular weight excluding hydrogens is 793 g/mol. The fraction of sp³-hybridized carbons (Fsp3) is 0.157. The van der Waals surface area contributed by atoms with Gasteiger partial charge in [-0.3, -0.25) is 0 Å². The molecule has 61 heavy (non-hydrogen) atoms. The van der Waals surface area contributed by atoms with Gasteiger partial charge in [-0.25, -0.2) is 14.5 Å². The third kappa shape index (κ3) is 7.76. The average Bonchev–Trinajstić information content (AvgIpc) is 4.15. The van der Waals surface area contributed by atoms with Crippen LogP contribution in [0.15, 0.2) is 168 Å². The van der Waals surface area contributed by atoms with Crippen LogP contribution in [-0.2, 0) is 34.5 Å². The second kappa shape index (κ2) is 17.8. The fourth-order valence-electron chi connectivity index (χ4n) is 8.25. The summed E-state index contributed by atoms with van der Waals surface area (Å²) in [6.07, 6.45) is 5.46. The van der Waals surface area contributed by atoms with Gasteiger partial charge >= 0.3 is 5.97 Å². The van der Waals surface area contributed by atoms with Crippen LogP contribution in [0.1, 0.15) is 57.6 Å². The largest absolute Gasteiger partial charge is 0.466 e. The van der Waals surface area contributed by atoms with Gasteiger partial charge in [0.15, 0.2) is 5.82 Å². The maximum Gasteiger partial charge on any atom is 0.334 e. The van der Waals surface area contributed by atoms with Gasteiger partial charge in [0.1, 0.15) is 16.9 Å². The molecule has 0 unspecified atom stereocenters. The third-order valence-corrected chi connectivity index (χ3v) is 13.0. The summed E-state index contributed by atoms with van der Waals surface area (Å²) < 4.78 is 9.52. The number of hydrogen-bond donors (Lipinski definition) is 0. The first-order chi connectivity index (χ1) is 30.1. The lowest BCUT2D eigenvalue weighted by atomic mass is 9.77. The Labute approximate surface area is 363 Å². The van der Waals surface area contributed by atoms with E-state index in [-0.39, 0.29) is 5.97 Å². The van der Waals surface area contributed by atoms with Crippen LogP contribution in [0.5, 0.6) is 0 Å². The van der Waals surface area contributed by atoms with Gasteiger partial charge < -0.3 is 9.30 Å². The normalized spacial score (nSPS) is 11.9. The molecule has 0 atom stereocenters. The second-order valence-electron chi connectivity index (χ2n) is 14.9. The quantitative estimate of drug-likeness (QED) is 0.0581. The Bertz CT molecular complexity index is 2800. The number of methoxy groups -OCH3 is 1. The van der Waals surface area contributed by atoms with Crippen LogP contribution in [0, 0.1) is 0 Å². The average molecular weight is 837 g/mol. The lowest BCUT2D eigenvalue weighted by Crippen LogP contribution is -2.39. The zero-order chi connectivity index (χ0) is 41.6. The zero-order valence-corrected chi connectivity index (χ0v) is 35.7. The Hall–Kier alpha value is -6.75. The van der Waals surface area contributed by atoms with Gasteiger partial charge in [-0.2, -0.15) is 0 Å². The highest BCUT2D eigenvalue weighted by molar-refractivity contribution is 7.12. The molecule has 10 heteroatoms. The van der Waals surface area contributed by atoms with E-state index in [0.717, 1.165) is 84.8 Å². The molecule has 0 aliphatic heterocycles. The summed E-state index contributed by atoms with van der Waals surface area (Å²) in [7, 11) is 1.44. The van der Waals surface area contributed by atoms with Gasteiger partial charge in [-0.1, -0.05) is 159 Å². The van der Waals surface area contributed by atoms with Crippen molar-refractivity contribution in [1.29, 1.82) is 0 Å². The van der Waals surface area contributed by atoms with Crippen LogP contribution in [0.25, 0.3) is 39.6 Å². The van der Waals surface area contributed by atoms with Crippen molar-refractivity contribution in [3.8, 4) is 22.5 Å². The summed E-state index contributed by atoms with van der Waals surface area (Å²) in [5, 5.41) is 18.1. The number of carbonyl (C=O) groups excluding carboxylic acids is 1. The Balaban J connectivity index is 1.09. The standard InChI is InChI=1S/C51H44N6O2S2/c1-3-4-26-47-52-48-45(35-61-46(48)33-38(50(58)59-2)32-42-23-16-31-60-42)56(47)34-36-27-29-37(30-28-36)43-24-14-15-25-44(43)49-53-54-55-57(49)51(39-17-8-5-9-18-39,40-19-10-6-11-20-40)41-21-12-7-13-22-41/h5-25,27-31,33,35H,3-4,26,32,34H2,1-2H3/b38-33+. The summed E-state index contributed by atoms with van der Waals surface area (Å²) in [6.45, 7) is 2.87. The number of esters is 1. The summed E-state index contributed by atoms with van der Waals surface area (Å²) in [4.78, 5) is 20.2. The molecule has 5 aromatic carbocycles. The molecule has 0 saturated carbocycles. The maximum absolute atomic E-state index is 12.9. The van der Waals surface area contributed by atoms with E-state index in [0.29, 0.717) is 24.4 Å². The first kappa shape index (κ1) is 39.7. The number of unbranched alkanes of at least 4 members (excludes halogenated alkanes) is 1. The molecule has 0 fully saturated rings.